The van der Waals surface area contributed by atoms with Crippen LogP contribution in [0.25, 0.3) is 0 Å². The molecule has 2 heterocycles. The normalized spacial score (nSPS) is 15.5. The third-order valence-corrected chi connectivity index (χ3v) is 5.25. The minimum Gasteiger partial charge on any atom is -0.493 e. The van der Waals surface area contributed by atoms with E-state index in [9.17, 15) is 18.8 Å². The van der Waals surface area contributed by atoms with Gasteiger partial charge < -0.3 is 20.3 Å². The van der Waals surface area contributed by atoms with Crippen molar-refractivity contribution in [1.29, 1.82) is 0 Å². The molecule has 34 heavy (non-hydrogen) atoms. The summed E-state index contributed by atoms with van der Waals surface area (Å²) in [7, 11) is 0. The highest BCUT2D eigenvalue weighted by molar-refractivity contribution is 5.91. The molecule has 0 spiro atoms. The van der Waals surface area contributed by atoms with Crippen LogP contribution in [0.1, 0.15) is 18.0 Å². The standard InChI is InChI=1S/C24H24FN5O4/c25-18-6-4-5-17(13-18)23-24(33)26-10-11-30(23)22(32)16-29-15-19(14-27-29)28-21(31)9-12-34-20-7-2-1-3-8-20/h1-8,13-15,23H,9-12,16H2,(H,26,33)(H,28,31)/t23-/m1/s1. The average molecular weight is 465 g/mol. The first-order chi connectivity index (χ1) is 16.5. The van der Waals surface area contributed by atoms with Crippen molar-refractivity contribution in [2.75, 3.05) is 25.0 Å². The molecular formula is C24H24FN5O4. The van der Waals surface area contributed by atoms with Crippen LogP contribution in [-0.4, -0.2) is 52.1 Å². The second-order valence-electron chi connectivity index (χ2n) is 7.72. The number of piperazine rings is 1. The predicted molar refractivity (Wildman–Crippen MR) is 121 cm³/mol. The van der Waals surface area contributed by atoms with Crippen LogP contribution in [0.5, 0.6) is 5.75 Å². The minimum absolute atomic E-state index is 0.133. The SMILES string of the molecule is O=C(CCOc1ccccc1)Nc1cnn(CC(=O)N2CCNC(=O)[C@H]2c2cccc(F)c2)c1. The van der Waals surface area contributed by atoms with Crippen molar-refractivity contribution in [3.8, 4) is 5.75 Å². The molecule has 0 radical (unpaired) electrons. The topological polar surface area (TPSA) is 106 Å². The van der Waals surface area contributed by atoms with Crippen LogP contribution in [0.15, 0.2) is 67.0 Å². The fraction of sp³-hybridized carbons (Fsp3) is 0.250. The largest absolute Gasteiger partial charge is 0.493 e. The molecule has 1 aliphatic heterocycles. The number of nitrogens with zero attached hydrogens (tertiary/aromatic N) is 3. The molecule has 3 amide bonds. The molecule has 0 saturated carbocycles. The third kappa shape index (κ3) is 5.77. The lowest BCUT2D eigenvalue weighted by Crippen LogP contribution is -2.52. The Hall–Kier alpha value is -4.21. The summed E-state index contributed by atoms with van der Waals surface area (Å²) in [6.45, 7) is 0.687. The molecule has 10 heteroatoms. The van der Waals surface area contributed by atoms with E-state index in [1.165, 1.54) is 40.2 Å². The smallest absolute Gasteiger partial charge is 0.247 e. The van der Waals surface area contributed by atoms with E-state index in [-0.39, 0.29) is 43.8 Å². The maximum Gasteiger partial charge on any atom is 0.247 e. The van der Waals surface area contributed by atoms with Gasteiger partial charge in [0.2, 0.25) is 17.7 Å². The Balaban J connectivity index is 1.33. The Morgan fingerprint density at radius 3 is 2.79 bits per heavy atom. The Labute approximate surface area is 195 Å². The van der Waals surface area contributed by atoms with Gasteiger partial charge in [-0.05, 0) is 29.8 Å². The molecule has 176 valence electrons. The van der Waals surface area contributed by atoms with Crippen LogP contribution in [0.3, 0.4) is 0 Å². The molecule has 1 saturated heterocycles. The van der Waals surface area contributed by atoms with Gasteiger partial charge in [0.25, 0.3) is 0 Å². The van der Waals surface area contributed by atoms with E-state index in [1.807, 2.05) is 30.3 Å². The molecule has 1 fully saturated rings. The van der Waals surface area contributed by atoms with Gasteiger partial charge in [-0.25, -0.2) is 4.39 Å². The molecule has 1 aromatic heterocycles. The predicted octanol–water partition coefficient (Wildman–Crippen LogP) is 2.13. The lowest BCUT2D eigenvalue weighted by Gasteiger charge is -2.35. The molecule has 9 nitrogen and oxygen atoms in total. The Kier molecular flexibility index (Phi) is 7.16. The number of hydrogen-bond acceptors (Lipinski definition) is 5. The number of aromatic nitrogens is 2. The van der Waals surface area contributed by atoms with Crippen molar-refractivity contribution in [3.05, 3.63) is 78.4 Å². The quantitative estimate of drug-likeness (QED) is 0.530. The first-order valence-corrected chi connectivity index (χ1v) is 10.8. The number of halogens is 1. The number of carbonyl (C=O) groups excluding carboxylic acids is 3. The molecule has 2 N–H and O–H groups in total. The van der Waals surface area contributed by atoms with E-state index in [0.29, 0.717) is 23.5 Å². The monoisotopic (exact) mass is 465 g/mol. The lowest BCUT2D eigenvalue weighted by atomic mass is 10.0. The van der Waals surface area contributed by atoms with E-state index < -0.39 is 11.9 Å². The average Bonchev–Trinajstić information content (AvgIpc) is 3.26. The fourth-order valence-corrected chi connectivity index (χ4v) is 3.69. The zero-order valence-electron chi connectivity index (χ0n) is 18.3. The summed E-state index contributed by atoms with van der Waals surface area (Å²) < 4.78 is 20.6. The lowest BCUT2D eigenvalue weighted by molar-refractivity contribution is -0.144. The number of benzene rings is 2. The molecule has 0 unspecified atom stereocenters. The molecule has 0 bridgehead atoms. The van der Waals surface area contributed by atoms with Gasteiger partial charge in [0, 0.05) is 19.3 Å². The summed E-state index contributed by atoms with van der Waals surface area (Å²) in [6.07, 6.45) is 3.13. The highest BCUT2D eigenvalue weighted by Crippen LogP contribution is 2.24. The number of nitrogens with one attached hydrogen (secondary N) is 2. The second kappa shape index (κ2) is 10.6. The number of rotatable bonds is 8. The molecule has 1 aliphatic rings. The first-order valence-electron chi connectivity index (χ1n) is 10.8. The van der Waals surface area contributed by atoms with Crippen molar-refractivity contribution < 1.29 is 23.5 Å². The van der Waals surface area contributed by atoms with Crippen LogP contribution in [0.4, 0.5) is 10.1 Å². The van der Waals surface area contributed by atoms with Crippen molar-refractivity contribution in [3.63, 3.8) is 0 Å². The maximum atomic E-state index is 13.7. The highest BCUT2D eigenvalue weighted by atomic mass is 19.1. The Morgan fingerprint density at radius 2 is 2.00 bits per heavy atom. The minimum atomic E-state index is -0.920. The van der Waals surface area contributed by atoms with Gasteiger partial charge in [-0.1, -0.05) is 30.3 Å². The molecule has 2 aromatic carbocycles. The maximum absolute atomic E-state index is 13.7. The van der Waals surface area contributed by atoms with Crippen LogP contribution >= 0.6 is 0 Å². The first kappa shape index (κ1) is 23.0. The van der Waals surface area contributed by atoms with Gasteiger partial charge in [0.15, 0.2) is 0 Å². The molecular weight excluding hydrogens is 441 g/mol. The van der Waals surface area contributed by atoms with E-state index in [0.717, 1.165) is 0 Å². The van der Waals surface area contributed by atoms with Crippen LogP contribution in [0.2, 0.25) is 0 Å². The zero-order chi connectivity index (χ0) is 23.9. The molecule has 3 aromatic rings. The van der Waals surface area contributed by atoms with E-state index >= 15 is 0 Å². The van der Waals surface area contributed by atoms with E-state index in [2.05, 4.69) is 15.7 Å². The van der Waals surface area contributed by atoms with Gasteiger partial charge in [-0.3, -0.25) is 19.1 Å². The van der Waals surface area contributed by atoms with Crippen LogP contribution < -0.4 is 15.4 Å². The van der Waals surface area contributed by atoms with Crippen molar-refractivity contribution in [2.45, 2.75) is 19.0 Å². The Morgan fingerprint density at radius 1 is 1.18 bits per heavy atom. The summed E-state index contributed by atoms with van der Waals surface area (Å²) in [5.74, 6) is -0.757. The highest BCUT2D eigenvalue weighted by Gasteiger charge is 2.34. The Bertz CT molecular complexity index is 1170. The zero-order valence-corrected chi connectivity index (χ0v) is 18.3. The van der Waals surface area contributed by atoms with E-state index in [4.69, 9.17) is 4.74 Å². The van der Waals surface area contributed by atoms with Gasteiger partial charge in [-0.2, -0.15) is 5.10 Å². The number of carbonyl (C=O) groups is 3. The van der Waals surface area contributed by atoms with Crippen LogP contribution in [0, 0.1) is 5.82 Å². The van der Waals surface area contributed by atoms with Gasteiger partial charge in [0.1, 0.15) is 24.2 Å². The summed E-state index contributed by atoms with van der Waals surface area (Å²) in [5, 5.41) is 9.56. The number of hydrogen-bond donors (Lipinski definition) is 2. The molecule has 1 atom stereocenters. The second-order valence-corrected chi connectivity index (χ2v) is 7.72. The van der Waals surface area contributed by atoms with Gasteiger partial charge >= 0.3 is 0 Å². The van der Waals surface area contributed by atoms with E-state index in [1.54, 1.807) is 6.07 Å². The van der Waals surface area contributed by atoms with Crippen molar-refractivity contribution >= 4 is 23.4 Å². The van der Waals surface area contributed by atoms with Crippen molar-refractivity contribution in [2.24, 2.45) is 0 Å². The summed E-state index contributed by atoms with van der Waals surface area (Å²) in [5.41, 5.74) is 0.840. The molecule has 4 rings (SSSR count). The number of para-hydroxylation sites is 1. The number of ether oxygens (including phenoxy) is 1. The van der Waals surface area contributed by atoms with Crippen LogP contribution in [-0.2, 0) is 20.9 Å². The third-order valence-electron chi connectivity index (χ3n) is 5.25. The summed E-state index contributed by atoms with van der Waals surface area (Å²) in [4.78, 5) is 39.0. The van der Waals surface area contributed by atoms with Gasteiger partial charge in [0.05, 0.1) is 24.9 Å². The summed E-state index contributed by atoms with van der Waals surface area (Å²) >= 11 is 0. The van der Waals surface area contributed by atoms with Crippen molar-refractivity contribution in [1.82, 2.24) is 20.0 Å². The molecule has 0 aliphatic carbocycles. The number of amides is 3. The number of anilines is 1. The van der Waals surface area contributed by atoms with Gasteiger partial charge in [-0.15, -0.1) is 0 Å². The summed E-state index contributed by atoms with van der Waals surface area (Å²) in [6, 6.07) is 13.9. The fourth-order valence-electron chi connectivity index (χ4n) is 3.69.